The maximum absolute atomic E-state index is 12.1. The van der Waals surface area contributed by atoms with E-state index >= 15 is 0 Å². The molecule has 0 saturated heterocycles. The maximum Gasteiger partial charge on any atom is 0.524 e. The summed E-state index contributed by atoms with van der Waals surface area (Å²) in [5.74, 6) is 1.72. The highest BCUT2D eigenvalue weighted by molar-refractivity contribution is 7.46. The molecule has 0 aliphatic rings. The smallest absolute Gasteiger partial charge is 0.493 e. The van der Waals surface area contributed by atoms with Gasteiger partial charge in [-0.1, -0.05) is 103 Å². The molecular formula is C34H29O6P. The largest absolute Gasteiger partial charge is 0.524 e. The van der Waals surface area contributed by atoms with Crippen molar-refractivity contribution in [2.24, 2.45) is 0 Å². The van der Waals surface area contributed by atoms with Crippen molar-refractivity contribution in [3.63, 3.8) is 0 Å². The van der Waals surface area contributed by atoms with Gasteiger partial charge in [0.2, 0.25) is 0 Å². The van der Waals surface area contributed by atoms with Gasteiger partial charge in [-0.05, 0) is 33.9 Å². The van der Waals surface area contributed by atoms with Crippen LogP contribution in [-0.4, -0.2) is 23.0 Å². The van der Waals surface area contributed by atoms with E-state index in [1.807, 2.05) is 115 Å². The first-order valence-electron chi connectivity index (χ1n) is 13.5. The van der Waals surface area contributed by atoms with Crippen LogP contribution in [0.3, 0.4) is 0 Å². The van der Waals surface area contributed by atoms with Gasteiger partial charge in [0.05, 0.1) is 13.2 Å². The highest BCUT2D eigenvalue weighted by Gasteiger charge is 2.23. The molecule has 6 rings (SSSR count). The predicted molar refractivity (Wildman–Crippen MR) is 163 cm³/mol. The highest BCUT2D eigenvalue weighted by atomic mass is 31.2. The average Bonchev–Trinajstić information content (AvgIpc) is 2.98. The third-order valence-electron chi connectivity index (χ3n) is 7.14. The third kappa shape index (κ3) is 6.06. The molecule has 6 nitrogen and oxygen atoms in total. The van der Waals surface area contributed by atoms with Crippen LogP contribution < -0.4 is 14.0 Å². The topological polar surface area (TPSA) is 85.2 Å². The lowest BCUT2D eigenvalue weighted by Crippen LogP contribution is -2.10. The fourth-order valence-corrected chi connectivity index (χ4v) is 5.76. The van der Waals surface area contributed by atoms with Crippen molar-refractivity contribution in [3.8, 4) is 17.2 Å². The molecule has 2 N–H and O–H groups in total. The summed E-state index contributed by atoms with van der Waals surface area (Å²) in [6.07, 6.45) is 0.891. The van der Waals surface area contributed by atoms with Crippen molar-refractivity contribution in [3.05, 3.63) is 126 Å². The maximum atomic E-state index is 12.1. The Balaban J connectivity index is 1.32. The van der Waals surface area contributed by atoms with Crippen molar-refractivity contribution in [1.29, 1.82) is 0 Å². The molecule has 6 aromatic carbocycles. The van der Waals surface area contributed by atoms with E-state index in [4.69, 9.17) is 14.0 Å². The summed E-state index contributed by atoms with van der Waals surface area (Å²) in [5.41, 5.74) is 1.57. The molecule has 0 spiro atoms. The molecule has 206 valence electrons. The molecule has 7 heteroatoms. The van der Waals surface area contributed by atoms with E-state index < -0.39 is 7.82 Å². The van der Waals surface area contributed by atoms with E-state index in [1.165, 1.54) is 0 Å². The summed E-state index contributed by atoms with van der Waals surface area (Å²) in [7, 11) is -4.83. The lowest BCUT2D eigenvalue weighted by Gasteiger charge is -2.20. The molecule has 0 aliphatic carbocycles. The third-order valence-corrected chi connectivity index (χ3v) is 7.57. The van der Waals surface area contributed by atoms with Crippen LogP contribution in [0.5, 0.6) is 17.2 Å². The standard InChI is InChI=1S/C34H29O6P/c35-41(36,37)40-34-30-16-6-3-11-26(30)23-27(19-21-38-32-17-7-12-24-9-1-4-14-28(24)32)31(34)20-22-39-33-18-8-13-25-10-2-5-15-29(25)33/h1-18,23H,19-22H2,(H2,35,36,37). The zero-order valence-corrected chi connectivity index (χ0v) is 23.2. The minimum Gasteiger partial charge on any atom is -0.493 e. The molecule has 0 aromatic heterocycles. The number of hydrogen-bond donors (Lipinski definition) is 2. The van der Waals surface area contributed by atoms with Gasteiger partial charge < -0.3 is 14.0 Å². The molecule has 41 heavy (non-hydrogen) atoms. The van der Waals surface area contributed by atoms with Crippen LogP contribution in [0.2, 0.25) is 0 Å². The molecule has 6 aromatic rings. The Bertz CT molecular complexity index is 1880. The molecule has 0 fully saturated rings. The van der Waals surface area contributed by atoms with Crippen LogP contribution in [0.1, 0.15) is 11.1 Å². The van der Waals surface area contributed by atoms with Gasteiger partial charge in [0.1, 0.15) is 17.2 Å². The summed E-state index contributed by atoms with van der Waals surface area (Å²) >= 11 is 0. The Morgan fingerprint density at radius 2 is 1.05 bits per heavy atom. The Kier molecular flexibility index (Phi) is 7.62. The fourth-order valence-electron chi connectivity index (χ4n) is 5.31. The van der Waals surface area contributed by atoms with E-state index in [0.29, 0.717) is 37.0 Å². The van der Waals surface area contributed by atoms with Gasteiger partial charge in [-0.25, -0.2) is 4.57 Å². The van der Waals surface area contributed by atoms with Crippen molar-refractivity contribution in [1.82, 2.24) is 0 Å². The van der Waals surface area contributed by atoms with E-state index in [2.05, 4.69) is 0 Å². The molecule has 0 atom stereocenters. The zero-order chi connectivity index (χ0) is 28.2. The van der Waals surface area contributed by atoms with Crippen molar-refractivity contribution < 1.29 is 28.3 Å². The van der Waals surface area contributed by atoms with Crippen molar-refractivity contribution >= 4 is 40.1 Å². The van der Waals surface area contributed by atoms with Gasteiger partial charge in [-0.3, -0.25) is 9.79 Å². The highest BCUT2D eigenvalue weighted by Crippen LogP contribution is 2.44. The number of phosphoric ester groups is 1. The van der Waals surface area contributed by atoms with Gasteiger partial charge in [0.15, 0.2) is 0 Å². The molecule has 0 amide bonds. The number of hydrogen-bond acceptors (Lipinski definition) is 4. The number of fused-ring (bicyclic) bond motifs is 3. The number of rotatable bonds is 10. The van der Waals surface area contributed by atoms with Gasteiger partial charge in [0.25, 0.3) is 0 Å². The van der Waals surface area contributed by atoms with Gasteiger partial charge in [-0.2, -0.15) is 0 Å². The summed E-state index contributed by atoms with van der Waals surface area (Å²) in [4.78, 5) is 19.7. The second-order valence-electron chi connectivity index (χ2n) is 9.80. The van der Waals surface area contributed by atoms with Gasteiger partial charge in [0, 0.05) is 34.6 Å². The van der Waals surface area contributed by atoms with Crippen LogP contribution in [0.4, 0.5) is 0 Å². The number of ether oxygens (including phenoxy) is 2. The first kappa shape index (κ1) is 26.9. The van der Waals surface area contributed by atoms with E-state index in [1.54, 1.807) is 0 Å². The summed E-state index contributed by atoms with van der Waals surface area (Å²) < 4.78 is 29.9. The normalized spacial score (nSPS) is 11.7. The first-order valence-corrected chi connectivity index (χ1v) is 15.0. The predicted octanol–water partition coefficient (Wildman–Crippen LogP) is 7.86. The fraction of sp³-hybridized carbons (Fsp3) is 0.118. The number of phosphoric acid groups is 1. The van der Waals surface area contributed by atoms with Crippen LogP contribution in [-0.2, 0) is 17.4 Å². The molecule has 0 unspecified atom stereocenters. The minimum absolute atomic E-state index is 0.179. The minimum atomic E-state index is -4.83. The second kappa shape index (κ2) is 11.6. The lowest BCUT2D eigenvalue weighted by atomic mass is 9.95. The quantitative estimate of drug-likeness (QED) is 0.165. The Morgan fingerprint density at radius 3 is 1.63 bits per heavy atom. The van der Waals surface area contributed by atoms with E-state index in [-0.39, 0.29) is 5.75 Å². The van der Waals surface area contributed by atoms with Gasteiger partial charge in [-0.15, -0.1) is 0 Å². The molecule has 0 saturated carbocycles. The van der Waals surface area contributed by atoms with Crippen LogP contribution in [0.25, 0.3) is 32.3 Å². The average molecular weight is 565 g/mol. The Labute approximate surface area is 238 Å². The molecule has 0 radical (unpaired) electrons. The van der Waals surface area contributed by atoms with Gasteiger partial charge >= 0.3 is 7.82 Å². The van der Waals surface area contributed by atoms with E-state index in [9.17, 15) is 14.4 Å². The molecule has 0 aliphatic heterocycles. The van der Waals surface area contributed by atoms with Crippen LogP contribution in [0, 0.1) is 0 Å². The Morgan fingerprint density at radius 1 is 0.561 bits per heavy atom. The monoisotopic (exact) mass is 564 g/mol. The summed E-state index contributed by atoms with van der Waals surface area (Å²) in [6, 6.07) is 37.4. The Hall–Kier alpha value is -4.35. The summed E-state index contributed by atoms with van der Waals surface area (Å²) in [6.45, 7) is 0.667. The zero-order valence-electron chi connectivity index (χ0n) is 22.3. The van der Waals surface area contributed by atoms with Crippen LogP contribution in [0.15, 0.2) is 115 Å². The number of benzene rings is 6. The molecule has 0 heterocycles. The van der Waals surface area contributed by atoms with Crippen LogP contribution >= 0.6 is 7.82 Å². The molecule has 0 bridgehead atoms. The lowest BCUT2D eigenvalue weighted by molar-refractivity contribution is 0.281. The van der Waals surface area contributed by atoms with Crippen molar-refractivity contribution in [2.75, 3.05) is 13.2 Å². The van der Waals surface area contributed by atoms with Crippen molar-refractivity contribution in [2.45, 2.75) is 12.8 Å². The van der Waals surface area contributed by atoms with E-state index in [0.717, 1.165) is 44.0 Å². The second-order valence-corrected chi connectivity index (χ2v) is 11.0. The summed E-state index contributed by atoms with van der Waals surface area (Å²) in [5, 5.41) is 5.67. The molecular weight excluding hydrogens is 535 g/mol. The first-order chi connectivity index (χ1) is 20.0. The SMILES string of the molecule is O=P(O)(O)Oc1c(CCOc2cccc3ccccc23)c(CCOc2cccc3ccccc23)cc2ccccc12.